The van der Waals surface area contributed by atoms with Gasteiger partial charge >= 0.3 is 5.97 Å². The number of nitrogen functional groups attached to an aromatic ring is 1. The number of benzene rings is 1. The minimum absolute atomic E-state index is 0.502. The number of carboxylic acid groups (broad SMARTS) is 1. The number of rotatable bonds is 5. The van der Waals surface area contributed by atoms with Crippen LogP contribution < -0.4 is 10.5 Å². The minimum Gasteiger partial charge on any atom is -0.497 e. The van der Waals surface area contributed by atoms with E-state index in [4.69, 9.17) is 15.6 Å². The molecule has 4 heteroatoms. The van der Waals surface area contributed by atoms with Crippen molar-refractivity contribution in [2.75, 3.05) is 12.8 Å². The Morgan fingerprint density at radius 1 is 1.56 bits per heavy atom. The fraction of sp³-hybridized carbons (Fsp3) is 0.417. The lowest BCUT2D eigenvalue weighted by Gasteiger charge is -2.15. The van der Waals surface area contributed by atoms with E-state index in [1.165, 1.54) is 0 Å². The average molecular weight is 223 g/mol. The van der Waals surface area contributed by atoms with Crippen LogP contribution >= 0.6 is 0 Å². The lowest BCUT2D eigenvalue weighted by molar-refractivity contribution is -0.139. The first-order chi connectivity index (χ1) is 7.60. The van der Waals surface area contributed by atoms with E-state index < -0.39 is 11.9 Å². The predicted octanol–water partition coefficient (Wildman–Crippen LogP) is 2.25. The van der Waals surface area contributed by atoms with Gasteiger partial charge < -0.3 is 15.6 Å². The van der Waals surface area contributed by atoms with Crippen LogP contribution in [0.5, 0.6) is 5.75 Å². The van der Waals surface area contributed by atoms with Crippen molar-refractivity contribution in [3.05, 3.63) is 23.8 Å². The summed E-state index contributed by atoms with van der Waals surface area (Å²) in [4.78, 5) is 11.1. The van der Waals surface area contributed by atoms with E-state index in [1.807, 2.05) is 6.92 Å². The summed E-state index contributed by atoms with van der Waals surface area (Å²) in [6.45, 7) is 1.95. The molecule has 1 aromatic carbocycles. The molecule has 0 saturated carbocycles. The SMILES string of the molecule is CCCC(C(=O)O)c1cc(OC)ccc1N. The summed E-state index contributed by atoms with van der Waals surface area (Å²) in [5.41, 5.74) is 6.93. The molecular formula is C12H17NO3. The van der Waals surface area contributed by atoms with Gasteiger partial charge in [0.15, 0.2) is 0 Å². The molecule has 0 aliphatic rings. The summed E-state index contributed by atoms with van der Waals surface area (Å²) in [6.07, 6.45) is 1.38. The number of aliphatic carboxylic acids is 1. The van der Waals surface area contributed by atoms with Gasteiger partial charge in [-0.25, -0.2) is 0 Å². The van der Waals surface area contributed by atoms with Crippen LogP contribution in [0.4, 0.5) is 5.69 Å². The largest absolute Gasteiger partial charge is 0.497 e. The number of anilines is 1. The van der Waals surface area contributed by atoms with Gasteiger partial charge in [0.25, 0.3) is 0 Å². The lowest BCUT2D eigenvalue weighted by Crippen LogP contribution is -2.13. The molecule has 1 atom stereocenters. The van der Waals surface area contributed by atoms with Crippen molar-refractivity contribution < 1.29 is 14.6 Å². The zero-order chi connectivity index (χ0) is 12.1. The molecule has 3 N–H and O–H groups in total. The molecule has 1 unspecified atom stereocenters. The van der Waals surface area contributed by atoms with E-state index in [2.05, 4.69) is 0 Å². The topological polar surface area (TPSA) is 72.5 Å². The van der Waals surface area contributed by atoms with Gasteiger partial charge in [0, 0.05) is 5.69 Å². The van der Waals surface area contributed by atoms with E-state index >= 15 is 0 Å². The van der Waals surface area contributed by atoms with Crippen LogP contribution in [0.15, 0.2) is 18.2 Å². The van der Waals surface area contributed by atoms with Crippen LogP contribution in [-0.2, 0) is 4.79 Å². The number of hydrogen-bond acceptors (Lipinski definition) is 3. The van der Waals surface area contributed by atoms with Crippen LogP contribution in [0.25, 0.3) is 0 Å². The molecule has 0 bridgehead atoms. The highest BCUT2D eigenvalue weighted by atomic mass is 16.5. The first-order valence-electron chi connectivity index (χ1n) is 5.26. The van der Waals surface area contributed by atoms with Crippen molar-refractivity contribution in [2.24, 2.45) is 0 Å². The zero-order valence-corrected chi connectivity index (χ0v) is 9.56. The molecule has 16 heavy (non-hydrogen) atoms. The van der Waals surface area contributed by atoms with Crippen LogP contribution in [0.3, 0.4) is 0 Å². The maximum absolute atomic E-state index is 11.1. The lowest BCUT2D eigenvalue weighted by atomic mass is 9.93. The standard InChI is InChI=1S/C12H17NO3/c1-3-4-9(12(14)15)10-7-8(16-2)5-6-11(10)13/h5-7,9H,3-4,13H2,1-2H3,(H,14,15). The van der Waals surface area contributed by atoms with Crippen molar-refractivity contribution in [3.63, 3.8) is 0 Å². The molecule has 0 heterocycles. The quantitative estimate of drug-likeness (QED) is 0.751. The van der Waals surface area contributed by atoms with Crippen molar-refractivity contribution in [1.82, 2.24) is 0 Å². The van der Waals surface area contributed by atoms with Crippen molar-refractivity contribution in [3.8, 4) is 5.75 Å². The summed E-state index contributed by atoms with van der Waals surface area (Å²) in [7, 11) is 1.55. The molecule has 0 aliphatic heterocycles. The first kappa shape index (κ1) is 12.4. The molecule has 0 aliphatic carbocycles. The van der Waals surface area contributed by atoms with Gasteiger partial charge in [0.05, 0.1) is 13.0 Å². The molecule has 0 saturated heterocycles. The first-order valence-corrected chi connectivity index (χ1v) is 5.26. The molecule has 0 amide bonds. The third kappa shape index (κ3) is 2.66. The van der Waals surface area contributed by atoms with Crippen LogP contribution in [0, 0.1) is 0 Å². The summed E-state index contributed by atoms with van der Waals surface area (Å²) < 4.78 is 5.07. The van der Waals surface area contributed by atoms with E-state index in [1.54, 1.807) is 25.3 Å². The van der Waals surface area contributed by atoms with Gasteiger partial charge in [-0.15, -0.1) is 0 Å². The van der Waals surface area contributed by atoms with Gasteiger partial charge in [-0.3, -0.25) is 4.79 Å². The number of hydrogen-bond donors (Lipinski definition) is 2. The number of carboxylic acids is 1. The van der Waals surface area contributed by atoms with E-state index in [-0.39, 0.29) is 0 Å². The molecule has 4 nitrogen and oxygen atoms in total. The smallest absolute Gasteiger partial charge is 0.311 e. The summed E-state index contributed by atoms with van der Waals surface area (Å²) >= 11 is 0. The number of nitrogens with two attached hydrogens (primary N) is 1. The maximum atomic E-state index is 11.1. The Kier molecular flexibility index (Phi) is 4.17. The van der Waals surface area contributed by atoms with Gasteiger partial charge in [0.1, 0.15) is 5.75 Å². The van der Waals surface area contributed by atoms with Crippen molar-refractivity contribution in [1.29, 1.82) is 0 Å². The third-order valence-corrected chi connectivity index (χ3v) is 2.54. The van der Waals surface area contributed by atoms with E-state index in [9.17, 15) is 4.79 Å². The summed E-state index contributed by atoms with van der Waals surface area (Å²) in [5.74, 6) is -0.770. The Balaban J connectivity index is 3.11. The molecule has 0 radical (unpaired) electrons. The van der Waals surface area contributed by atoms with Gasteiger partial charge in [-0.05, 0) is 30.2 Å². The normalized spacial score (nSPS) is 12.1. The second kappa shape index (κ2) is 5.39. The van der Waals surface area contributed by atoms with Crippen LogP contribution in [0.2, 0.25) is 0 Å². The Labute approximate surface area is 95.0 Å². The monoisotopic (exact) mass is 223 g/mol. The molecule has 88 valence electrons. The minimum atomic E-state index is -0.846. The predicted molar refractivity (Wildman–Crippen MR) is 62.7 cm³/mol. The summed E-state index contributed by atoms with van der Waals surface area (Å²) in [6, 6.07) is 5.10. The fourth-order valence-electron chi connectivity index (χ4n) is 1.68. The van der Waals surface area contributed by atoms with Gasteiger partial charge in [0.2, 0.25) is 0 Å². The molecular weight excluding hydrogens is 206 g/mol. The highest BCUT2D eigenvalue weighted by Gasteiger charge is 2.21. The molecule has 1 aromatic rings. The zero-order valence-electron chi connectivity index (χ0n) is 9.56. The Morgan fingerprint density at radius 2 is 2.25 bits per heavy atom. The Bertz CT molecular complexity index is 377. The van der Waals surface area contributed by atoms with Crippen molar-refractivity contribution in [2.45, 2.75) is 25.7 Å². The molecule has 0 fully saturated rings. The second-order valence-electron chi connectivity index (χ2n) is 3.67. The van der Waals surface area contributed by atoms with Crippen molar-refractivity contribution >= 4 is 11.7 Å². The van der Waals surface area contributed by atoms with E-state index in [0.29, 0.717) is 23.4 Å². The van der Waals surface area contributed by atoms with Gasteiger partial charge in [-0.1, -0.05) is 13.3 Å². The second-order valence-corrected chi connectivity index (χ2v) is 3.67. The van der Waals surface area contributed by atoms with Crippen LogP contribution in [-0.4, -0.2) is 18.2 Å². The molecule has 0 aromatic heterocycles. The summed E-state index contributed by atoms with van der Waals surface area (Å²) in [5, 5.41) is 9.15. The highest BCUT2D eigenvalue weighted by molar-refractivity contribution is 5.78. The van der Waals surface area contributed by atoms with E-state index in [0.717, 1.165) is 6.42 Å². The Hall–Kier alpha value is -1.71. The fourth-order valence-corrected chi connectivity index (χ4v) is 1.68. The molecule has 0 spiro atoms. The molecule has 1 rings (SSSR count). The average Bonchev–Trinajstić information content (AvgIpc) is 2.27. The number of methoxy groups -OCH3 is 1. The Morgan fingerprint density at radius 3 is 2.75 bits per heavy atom. The third-order valence-electron chi connectivity index (χ3n) is 2.54. The highest BCUT2D eigenvalue weighted by Crippen LogP contribution is 2.30. The number of ether oxygens (including phenoxy) is 1. The number of carbonyl (C=O) groups is 1. The van der Waals surface area contributed by atoms with Crippen LogP contribution in [0.1, 0.15) is 31.2 Å². The maximum Gasteiger partial charge on any atom is 0.311 e. The van der Waals surface area contributed by atoms with Gasteiger partial charge in [-0.2, -0.15) is 0 Å².